The molecule has 0 aromatic heterocycles. The molecule has 3 aromatic carbocycles. The van der Waals surface area contributed by atoms with Crippen LogP contribution in [0.1, 0.15) is 43.8 Å². The van der Waals surface area contributed by atoms with Gasteiger partial charge in [0, 0.05) is 30.0 Å². The van der Waals surface area contributed by atoms with Crippen molar-refractivity contribution < 1.29 is 14.3 Å². The summed E-state index contributed by atoms with van der Waals surface area (Å²) in [7, 11) is 1.34. The summed E-state index contributed by atoms with van der Waals surface area (Å²) in [5, 5.41) is 2.90. The second-order valence-corrected chi connectivity index (χ2v) is 7.77. The summed E-state index contributed by atoms with van der Waals surface area (Å²) < 4.78 is 4.80. The van der Waals surface area contributed by atoms with Gasteiger partial charge in [-0.2, -0.15) is 0 Å². The molecule has 0 saturated heterocycles. The summed E-state index contributed by atoms with van der Waals surface area (Å²) in [4.78, 5) is 27.0. The number of ether oxygens (including phenoxy) is 1. The number of benzene rings is 3. The van der Waals surface area contributed by atoms with Crippen LogP contribution in [-0.2, 0) is 17.7 Å². The van der Waals surface area contributed by atoms with Crippen LogP contribution in [0.3, 0.4) is 0 Å². The molecule has 1 N–H and O–H groups in total. The lowest BCUT2D eigenvalue weighted by Gasteiger charge is -2.31. The standard InChI is InChI=1S/C26H26N2O3/c1-18-22(26(30)31-2)9-5-10-23(18)27-25(29)21-14-12-19(13-15-21)17-28-16-6-8-20-7-3-4-11-24(20)28/h3-5,7,9-15H,6,8,16-17H2,1-2H3,(H,27,29). The molecule has 0 fully saturated rings. The highest BCUT2D eigenvalue weighted by atomic mass is 16.5. The Hall–Kier alpha value is -3.60. The van der Waals surface area contributed by atoms with E-state index >= 15 is 0 Å². The third kappa shape index (κ3) is 4.45. The number of aryl methyl sites for hydroxylation is 1. The molecule has 158 valence electrons. The number of hydrogen-bond acceptors (Lipinski definition) is 4. The maximum Gasteiger partial charge on any atom is 0.338 e. The Kier molecular flexibility index (Phi) is 6.03. The van der Waals surface area contributed by atoms with Gasteiger partial charge in [0.05, 0.1) is 12.7 Å². The van der Waals surface area contributed by atoms with Gasteiger partial charge in [0.25, 0.3) is 5.91 Å². The van der Waals surface area contributed by atoms with Crippen LogP contribution in [0, 0.1) is 6.92 Å². The van der Waals surface area contributed by atoms with Crippen LogP contribution in [-0.4, -0.2) is 25.5 Å². The third-order valence-electron chi connectivity index (χ3n) is 5.78. The van der Waals surface area contributed by atoms with E-state index in [-0.39, 0.29) is 5.91 Å². The van der Waals surface area contributed by atoms with Crippen molar-refractivity contribution in [1.29, 1.82) is 0 Å². The fourth-order valence-corrected chi connectivity index (χ4v) is 4.05. The largest absolute Gasteiger partial charge is 0.465 e. The van der Waals surface area contributed by atoms with Crippen LogP contribution in [0.5, 0.6) is 0 Å². The van der Waals surface area contributed by atoms with E-state index < -0.39 is 5.97 Å². The molecule has 0 bridgehead atoms. The first kappa shape index (κ1) is 20.7. The highest BCUT2D eigenvalue weighted by molar-refractivity contribution is 6.05. The predicted octanol–water partition coefficient (Wildman–Crippen LogP) is 4.99. The Morgan fingerprint density at radius 3 is 2.55 bits per heavy atom. The van der Waals surface area contributed by atoms with Gasteiger partial charge in [-0.1, -0.05) is 36.4 Å². The third-order valence-corrected chi connectivity index (χ3v) is 5.78. The molecule has 1 aliphatic heterocycles. The molecule has 0 radical (unpaired) electrons. The summed E-state index contributed by atoms with van der Waals surface area (Å²) >= 11 is 0. The first-order chi connectivity index (χ1) is 15.1. The van der Waals surface area contributed by atoms with Crippen molar-refractivity contribution in [3.05, 3.63) is 94.5 Å². The molecule has 0 spiro atoms. The van der Waals surface area contributed by atoms with Crippen LogP contribution >= 0.6 is 0 Å². The van der Waals surface area contributed by atoms with Crippen LogP contribution in [0.2, 0.25) is 0 Å². The second-order valence-electron chi connectivity index (χ2n) is 7.77. The Morgan fingerprint density at radius 1 is 1.00 bits per heavy atom. The summed E-state index contributed by atoms with van der Waals surface area (Å²) in [6.07, 6.45) is 2.28. The van der Waals surface area contributed by atoms with E-state index in [2.05, 4.69) is 34.5 Å². The minimum Gasteiger partial charge on any atom is -0.465 e. The number of nitrogens with zero attached hydrogens (tertiary/aromatic N) is 1. The van der Waals surface area contributed by atoms with Crippen molar-refractivity contribution in [2.75, 3.05) is 23.9 Å². The van der Waals surface area contributed by atoms with E-state index in [4.69, 9.17) is 4.74 Å². The van der Waals surface area contributed by atoms with Crippen LogP contribution < -0.4 is 10.2 Å². The van der Waals surface area contributed by atoms with Gasteiger partial charge in [-0.25, -0.2) is 4.79 Å². The topological polar surface area (TPSA) is 58.6 Å². The summed E-state index contributed by atoms with van der Waals surface area (Å²) in [6, 6.07) is 21.5. The molecular weight excluding hydrogens is 388 g/mol. The van der Waals surface area contributed by atoms with E-state index in [1.54, 1.807) is 25.1 Å². The molecule has 1 aliphatic rings. The molecule has 3 aromatic rings. The lowest BCUT2D eigenvalue weighted by Crippen LogP contribution is -2.28. The Morgan fingerprint density at radius 2 is 1.77 bits per heavy atom. The van der Waals surface area contributed by atoms with Crippen LogP contribution in [0.25, 0.3) is 0 Å². The average Bonchev–Trinajstić information content (AvgIpc) is 2.80. The number of anilines is 2. The molecular formula is C26H26N2O3. The molecule has 0 aliphatic carbocycles. The van der Waals surface area contributed by atoms with Gasteiger partial charge in [-0.15, -0.1) is 0 Å². The lowest BCUT2D eigenvalue weighted by molar-refractivity contribution is 0.0599. The van der Waals surface area contributed by atoms with Crippen molar-refractivity contribution in [2.24, 2.45) is 0 Å². The van der Waals surface area contributed by atoms with E-state index in [0.29, 0.717) is 22.4 Å². The highest BCUT2D eigenvalue weighted by Gasteiger charge is 2.17. The highest BCUT2D eigenvalue weighted by Crippen LogP contribution is 2.28. The Labute approximate surface area is 182 Å². The Bertz CT molecular complexity index is 1110. The van der Waals surface area contributed by atoms with E-state index in [1.807, 2.05) is 24.3 Å². The summed E-state index contributed by atoms with van der Waals surface area (Å²) in [5.74, 6) is -0.628. The fourth-order valence-electron chi connectivity index (χ4n) is 4.05. The van der Waals surface area contributed by atoms with Crippen molar-refractivity contribution >= 4 is 23.3 Å². The van der Waals surface area contributed by atoms with Gasteiger partial charge in [0.15, 0.2) is 0 Å². The van der Waals surface area contributed by atoms with Gasteiger partial charge in [-0.3, -0.25) is 4.79 Å². The number of amides is 1. The molecule has 4 rings (SSSR count). The maximum absolute atomic E-state index is 12.7. The zero-order valence-corrected chi connectivity index (χ0v) is 17.9. The molecule has 1 amide bonds. The molecule has 0 unspecified atom stereocenters. The maximum atomic E-state index is 12.7. The van der Waals surface area contributed by atoms with Crippen molar-refractivity contribution in [2.45, 2.75) is 26.3 Å². The van der Waals surface area contributed by atoms with Crippen molar-refractivity contribution in [3.63, 3.8) is 0 Å². The SMILES string of the molecule is COC(=O)c1cccc(NC(=O)c2ccc(CN3CCCc4ccccc43)cc2)c1C. The number of carbonyl (C=O) groups is 2. The molecule has 5 nitrogen and oxygen atoms in total. The monoisotopic (exact) mass is 414 g/mol. The first-order valence-electron chi connectivity index (χ1n) is 10.5. The zero-order valence-electron chi connectivity index (χ0n) is 17.9. The van der Waals surface area contributed by atoms with Crippen molar-refractivity contribution in [1.82, 2.24) is 0 Å². The molecule has 0 saturated carbocycles. The first-order valence-corrected chi connectivity index (χ1v) is 10.5. The molecule has 5 heteroatoms. The summed E-state index contributed by atoms with van der Waals surface area (Å²) in [5.41, 5.74) is 6.16. The normalized spacial score (nSPS) is 12.8. The van der Waals surface area contributed by atoms with Gasteiger partial charge < -0.3 is 15.0 Å². The average molecular weight is 415 g/mol. The van der Waals surface area contributed by atoms with E-state index in [0.717, 1.165) is 31.5 Å². The fraction of sp³-hybridized carbons (Fsp3) is 0.231. The van der Waals surface area contributed by atoms with Gasteiger partial charge in [-0.05, 0) is 66.8 Å². The van der Waals surface area contributed by atoms with Gasteiger partial charge in [0.1, 0.15) is 0 Å². The Balaban J connectivity index is 1.46. The number of fused-ring (bicyclic) bond motifs is 1. The van der Waals surface area contributed by atoms with Crippen LogP contribution in [0.4, 0.5) is 11.4 Å². The van der Waals surface area contributed by atoms with Gasteiger partial charge in [0.2, 0.25) is 0 Å². The number of esters is 1. The van der Waals surface area contributed by atoms with E-state index in [9.17, 15) is 9.59 Å². The second kappa shape index (κ2) is 9.04. The molecule has 1 heterocycles. The number of carbonyl (C=O) groups excluding carboxylic acids is 2. The smallest absolute Gasteiger partial charge is 0.338 e. The quantitative estimate of drug-likeness (QED) is 0.598. The number of rotatable bonds is 5. The number of para-hydroxylation sites is 1. The minimum atomic E-state index is -0.419. The van der Waals surface area contributed by atoms with Crippen LogP contribution in [0.15, 0.2) is 66.7 Å². The number of hydrogen-bond donors (Lipinski definition) is 1. The number of nitrogens with one attached hydrogen (secondary N) is 1. The molecule has 31 heavy (non-hydrogen) atoms. The minimum absolute atomic E-state index is 0.208. The predicted molar refractivity (Wildman–Crippen MR) is 123 cm³/mol. The van der Waals surface area contributed by atoms with Gasteiger partial charge >= 0.3 is 5.97 Å². The lowest BCUT2D eigenvalue weighted by atomic mass is 10.0. The van der Waals surface area contributed by atoms with E-state index in [1.165, 1.54) is 18.4 Å². The molecule has 0 atom stereocenters. The zero-order chi connectivity index (χ0) is 21.8. The number of methoxy groups -OCH3 is 1. The summed E-state index contributed by atoms with van der Waals surface area (Å²) in [6.45, 7) is 3.65. The van der Waals surface area contributed by atoms with Crippen molar-refractivity contribution in [3.8, 4) is 0 Å².